The van der Waals surface area contributed by atoms with E-state index in [0.29, 0.717) is 6.61 Å². The minimum atomic E-state index is -0.480. The summed E-state index contributed by atoms with van der Waals surface area (Å²) in [6.07, 6.45) is 3.23. The van der Waals surface area contributed by atoms with Crippen molar-refractivity contribution in [2.75, 3.05) is 11.5 Å². The summed E-state index contributed by atoms with van der Waals surface area (Å²) >= 11 is 0. The summed E-state index contributed by atoms with van der Waals surface area (Å²) in [5.41, 5.74) is 4.14. The van der Waals surface area contributed by atoms with Crippen molar-refractivity contribution in [1.29, 1.82) is 0 Å². The third-order valence-corrected chi connectivity index (χ3v) is 6.95. The molecule has 3 aromatic carbocycles. The number of anilines is 1. The molecule has 0 aromatic heterocycles. The van der Waals surface area contributed by atoms with E-state index < -0.39 is 5.72 Å². The number of rotatable bonds is 2. The van der Waals surface area contributed by atoms with Crippen molar-refractivity contribution in [3.8, 4) is 5.75 Å². The van der Waals surface area contributed by atoms with Gasteiger partial charge in [-0.3, -0.25) is 4.90 Å². The lowest BCUT2D eigenvalue weighted by molar-refractivity contribution is -0.165. The summed E-state index contributed by atoms with van der Waals surface area (Å²) in [6.45, 7) is 5.02. The summed E-state index contributed by atoms with van der Waals surface area (Å²) in [6, 6.07) is 30.0. The number of allylic oxidation sites excluding steroid dienone is 1. The molecule has 0 amide bonds. The monoisotopic (exact) mass is 409 g/mol. The molecule has 0 unspecified atom stereocenters. The molecule has 1 fully saturated rings. The van der Waals surface area contributed by atoms with Gasteiger partial charge in [0.05, 0.1) is 23.8 Å². The van der Waals surface area contributed by atoms with Crippen LogP contribution in [0, 0.1) is 5.92 Å². The highest BCUT2D eigenvalue weighted by molar-refractivity contribution is 5.87. The standard InChI is InChI=1S/C28H27NO2/c1-27(2)19-28-23(18-30-27)22(20-11-5-3-6-12-20)17-25(21-13-7-4-8-14-21)29(28)24-15-9-10-16-26(24)31-28/h3-17,22-23H,18-19H2,1-2H3/t22-,23-,28-/m1/s1. The van der Waals surface area contributed by atoms with Crippen molar-refractivity contribution in [1.82, 2.24) is 0 Å². The maximum Gasteiger partial charge on any atom is 0.196 e. The van der Waals surface area contributed by atoms with E-state index in [1.165, 1.54) is 16.8 Å². The van der Waals surface area contributed by atoms with Gasteiger partial charge in [0.2, 0.25) is 0 Å². The second-order valence-electron chi connectivity index (χ2n) is 9.46. The molecule has 1 spiro atoms. The molecular weight excluding hydrogens is 382 g/mol. The van der Waals surface area contributed by atoms with Gasteiger partial charge in [-0.05, 0) is 37.1 Å². The van der Waals surface area contributed by atoms with E-state index in [4.69, 9.17) is 9.47 Å². The molecule has 3 atom stereocenters. The van der Waals surface area contributed by atoms with E-state index in [-0.39, 0.29) is 17.4 Å². The van der Waals surface area contributed by atoms with Crippen LogP contribution in [-0.2, 0) is 4.74 Å². The molecule has 0 bridgehead atoms. The van der Waals surface area contributed by atoms with Crippen molar-refractivity contribution in [2.45, 2.75) is 37.5 Å². The summed E-state index contributed by atoms with van der Waals surface area (Å²) < 4.78 is 13.3. The number of fused-ring (bicyclic) bond motifs is 2. The average Bonchev–Trinajstić information content (AvgIpc) is 3.11. The number of hydrogen-bond acceptors (Lipinski definition) is 3. The highest BCUT2D eigenvalue weighted by atomic mass is 16.6. The van der Waals surface area contributed by atoms with Gasteiger partial charge in [0.15, 0.2) is 5.72 Å². The lowest BCUT2D eigenvalue weighted by Crippen LogP contribution is -2.65. The maximum absolute atomic E-state index is 6.95. The Bertz CT molecular complexity index is 1140. The third kappa shape index (κ3) is 2.84. The van der Waals surface area contributed by atoms with Crippen molar-refractivity contribution in [3.05, 3.63) is 102 Å². The molecule has 0 saturated carbocycles. The Morgan fingerprint density at radius 1 is 0.839 bits per heavy atom. The molecule has 0 N–H and O–H groups in total. The van der Waals surface area contributed by atoms with Gasteiger partial charge in [0.1, 0.15) is 5.75 Å². The quantitative estimate of drug-likeness (QED) is 0.500. The molecule has 3 nitrogen and oxygen atoms in total. The number of hydrogen-bond donors (Lipinski definition) is 0. The first-order chi connectivity index (χ1) is 15.1. The normalized spacial score (nSPS) is 28.1. The molecule has 3 aliphatic rings. The molecule has 0 radical (unpaired) electrons. The molecule has 156 valence electrons. The fraction of sp³-hybridized carbons (Fsp3) is 0.286. The first-order valence-electron chi connectivity index (χ1n) is 11.1. The van der Waals surface area contributed by atoms with Gasteiger partial charge in [-0.2, -0.15) is 0 Å². The van der Waals surface area contributed by atoms with Gasteiger partial charge in [-0.25, -0.2) is 0 Å². The fourth-order valence-electron chi connectivity index (χ4n) is 5.68. The number of ether oxygens (including phenoxy) is 2. The van der Waals surface area contributed by atoms with Crippen LogP contribution >= 0.6 is 0 Å². The van der Waals surface area contributed by atoms with E-state index >= 15 is 0 Å². The molecule has 3 heterocycles. The Balaban J connectivity index is 1.62. The van der Waals surface area contributed by atoms with Crippen LogP contribution in [0.15, 0.2) is 91.0 Å². The summed E-state index contributed by atoms with van der Waals surface area (Å²) in [5, 5.41) is 0. The van der Waals surface area contributed by atoms with Gasteiger partial charge in [0, 0.05) is 18.0 Å². The predicted octanol–water partition coefficient (Wildman–Crippen LogP) is 6.24. The van der Waals surface area contributed by atoms with E-state index in [1.807, 2.05) is 0 Å². The average molecular weight is 410 g/mol. The maximum atomic E-state index is 6.95. The topological polar surface area (TPSA) is 21.7 Å². The van der Waals surface area contributed by atoms with Crippen LogP contribution in [0.4, 0.5) is 5.69 Å². The van der Waals surface area contributed by atoms with Crippen molar-refractivity contribution < 1.29 is 9.47 Å². The smallest absolute Gasteiger partial charge is 0.196 e. The van der Waals surface area contributed by atoms with Crippen molar-refractivity contribution >= 4 is 11.4 Å². The van der Waals surface area contributed by atoms with Crippen LogP contribution in [0.1, 0.15) is 37.3 Å². The number of nitrogens with zero attached hydrogens (tertiary/aromatic N) is 1. The second-order valence-corrected chi connectivity index (χ2v) is 9.46. The predicted molar refractivity (Wildman–Crippen MR) is 124 cm³/mol. The highest BCUT2D eigenvalue weighted by Crippen LogP contribution is 2.59. The Hall–Kier alpha value is -3.04. The molecule has 0 aliphatic carbocycles. The molecular formula is C28H27NO2. The first-order valence-corrected chi connectivity index (χ1v) is 11.1. The lowest BCUT2D eigenvalue weighted by Gasteiger charge is -2.56. The SMILES string of the molecule is CC1(C)C[C@]23Oc4ccccc4N2C(c2ccccc2)=C[C@H](c2ccccc2)[C@H]3CO1. The minimum absolute atomic E-state index is 0.183. The summed E-state index contributed by atoms with van der Waals surface area (Å²) in [5.74, 6) is 1.35. The van der Waals surface area contributed by atoms with Crippen molar-refractivity contribution in [2.24, 2.45) is 5.92 Å². The van der Waals surface area contributed by atoms with Crippen LogP contribution in [0.3, 0.4) is 0 Å². The van der Waals surface area contributed by atoms with Crippen LogP contribution in [-0.4, -0.2) is 17.9 Å². The van der Waals surface area contributed by atoms with Crippen LogP contribution in [0.5, 0.6) is 5.75 Å². The summed E-state index contributed by atoms with van der Waals surface area (Å²) in [4.78, 5) is 2.46. The van der Waals surface area contributed by atoms with Crippen LogP contribution in [0.2, 0.25) is 0 Å². The van der Waals surface area contributed by atoms with Crippen LogP contribution in [0.25, 0.3) is 5.70 Å². The Morgan fingerprint density at radius 2 is 1.52 bits per heavy atom. The highest BCUT2D eigenvalue weighted by Gasteiger charge is 2.62. The molecule has 3 aliphatic heterocycles. The Morgan fingerprint density at radius 3 is 2.29 bits per heavy atom. The van der Waals surface area contributed by atoms with E-state index in [1.54, 1.807) is 0 Å². The van der Waals surface area contributed by atoms with Crippen LogP contribution < -0.4 is 9.64 Å². The van der Waals surface area contributed by atoms with Crippen molar-refractivity contribution in [3.63, 3.8) is 0 Å². The van der Waals surface area contributed by atoms with Gasteiger partial charge in [0.25, 0.3) is 0 Å². The number of para-hydroxylation sites is 2. The zero-order valence-electron chi connectivity index (χ0n) is 18.0. The van der Waals surface area contributed by atoms with E-state index in [0.717, 1.165) is 17.9 Å². The Kier molecular flexibility index (Phi) is 4.06. The molecule has 6 rings (SSSR count). The number of benzene rings is 3. The minimum Gasteiger partial charge on any atom is -0.465 e. The van der Waals surface area contributed by atoms with Gasteiger partial charge >= 0.3 is 0 Å². The second kappa shape index (κ2) is 6.73. The zero-order valence-corrected chi connectivity index (χ0v) is 18.0. The Labute approximate surface area is 183 Å². The van der Waals surface area contributed by atoms with E-state index in [9.17, 15) is 0 Å². The molecule has 31 heavy (non-hydrogen) atoms. The summed E-state index contributed by atoms with van der Waals surface area (Å²) in [7, 11) is 0. The first kappa shape index (κ1) is 18.7. The largest absolute Gasteiger partial charge is 0.465 e. The van der Waals surface area contributed by atoms with Gasteiger partial charge in [-0.1, -0.05) is 78.9 Å². The van der Waals surface area contributed by atoms with Gasteiger partial charge < -0.3 is 9.47 Å². The van der Waals surface area contributed by atoms with E-state index in [2.05, 4.69) is 110 Å². The zero-order chi connectivity index (χ0) is 21.1. The third-order valence-electron chi connectivity index (χ3n) is 6.95. The molecule has 3 aromatic rings. The molecule has 3 heteroatoms. The van der Waals surface area contributed by atoms with Gasteiger partial charge in [-0.15, -0.1) is 0 Å². The lowest BCUT2D eigenvalue weighted by atomic mass is 9.70. The molecule has 1 saturated heterocycles. The fourth-order valence-corrected chi connectivity index (χ4v) is 5.68.